The lowest BCUT2D eigenvalue weighted by molar-refractivity contribution is -0.122. The SMILES string of the molecule is CC(Br)CC(C)C([NH])=O. The topological polar surface area (TPSA) is 40.9 Å². The summed E-state index contributed by atoms with van der Waals surface area (Å²) in [6.07, 6.45) is 0.752. The average molecular weight is 193 g/mol. The molecule has 0 aliphatic rings. The highest BCUT2D eigenvalue weighted by Gasteiger charge is 2.11. The van der Waals surface area contributed by atoms with Gasteiger partial charge in [0.2, 0.25) is 5.91 Å². The summed E-state index contributed by atoms with van der Waals surface area (Å²) in [6, 6.07) is 0. The van der Waals surface area contributed by atoms with E-state index < -0.39 is 5.91 Å². The van der Waals surface area contributed by atoms with Gasteiger partial charge in [0, 0.05) is 10.7 Å². The molecule has 0 aliphatic heterocycles. The zero-order valence-electron chi connectivity index (χ0n) is 5.65. The first-order chi connectivity index (χ1) is 4.04. The molecule has 0 saturated heterocycles. The van der Waals surface area contributed by atoms with Crippen LogP contribution in [-0.4, -0.2) is 10.7 Å². The number of hydrogen-bond acceptors (Lipinski definition) is 1. The molecule has 53 valence electrons. The number of carbonyl (C=O) groups is 1. The number of rotatable bonds is 3. The molecule has 0 bridgehead atoms. The zero-order chi connectivity index (χ0) is 7.44. The van der Waals surface area contributed by atoms with Crippen molar-refractivity contribution in [2.75, 3.05) is 0 Å². The van der Waals surface area contributed by atoms with Gasteiger partial charge in [-0.1, -0.05) is 29.8 Å². The summed E-state index contributed by atoms with van der Waals surface area (Å²) in [5.41, 5.74) is 6.72. The van der Waals surface area contributed by atoms with Crippen molar-refractivity contribution < 1.29 is 4.79 Å². The molecule has 0 heterocycles. The molecule has 0 saturated carbocycles. The number of halogens is 1. The minimum Gasteiger partial charge on any atom is -0.273 e. The molecule has 1 amide bonds. The molecular formula is C6H11BrNO. The van der Waals surface area contributed by atoms with Crippen LogP contribution < -0.4 is 5.73 Å². The predicted molar refractivity (Wildman–Crippen MR) is 40.3 cm³/mol. The number of carbonyl (C=O) groups excluding carboxylic acids is 1. The number of amides is 1. The second-order valence-corrected chi connectivity index (χ2v) is 3.84. The van der Waals surface area contributed by atoms with Crippen LogP contribution in [0.5, 0.6) is 0 Å². The number of alkyl halides is 1. The third-order valence-electron chi connectivity index (χ3n) is 1.13. The Kier molecular flexibility index (Phi) is 3.86. The van der Waals surface area contributed by atoms with Crippen LogP contribution in [0.4, 0.5) is 0 Å². The minimum absolute atomic E-state index is 0.126. The van der Waals surface area contributed by atoms with Crippen LogP contribution in [0, 0.1) is 5.92 Å². The third-order valence-corrected chi connectivity index (χ3v) is 1.50. The van der Waals surface area contributed by atoms with Crippen LogP contribution in [0.25, 0.3) is 0 Å². The second kappa shape index (κ2) is 3.88. The molecule has 0 aromatic rings. The Morgan fingerprint density at radius 1 is 1.67 bits per heavy atom. The molecule has 0 spiro atoms. The third kappa shape index (κ3) is 4.45. The monoisotopic (exact) mass is 192 g/mol. The Morgan fingerprint density at radius 2 is 2.11 bits per heavy atom. The van der Waals surface area contributed by atoms with Crippen LogP contribution >= 0.6 is 15.9 Å². The van der Waals surface area contributed by atoms with E-state index in [1.54, 1.807) is 6.92 Å². The summed E-state index contributed by atoms with van der Waals surface area (Å²) in [7, 11) is 0. The van der Waals surface area contributed by atoms with E-state index in [1.165, 1.54) is 0 Å². The van der Waals surface area contributed by atoms with Crippen molar-refractivity contribution in [3.63, 3.8) is 0 Å². The first-order valence-electron chi connectivity index (χ1n) is 2.93. The largest absolute Gasteiger partial charge is 0.273 e. The molecule has 1 N–H and O–H groups in total. The summed E-state index contributed by atoms with van der Waals surface area (Å²) in [4.78, 5) is 10.7. The quantitative estimate of drug-likeness (QED) is 0.627. The summed E-state index contributed by atoms with van der Waals surface area (Å²) < 4.78 is 0. The van der Waals surface area contributed by atoms with Crippen molar-refractivity contribution in [3.8, 4) is 0 Å². The Bertz CT molecular complexity index is 103. The molecule has 0 fully saturated rings. The minimum atomic E-state index is -0.471. The van der Waals surface area contributed by atoms with Gasteiger partial charge in [-0.25, -0.2) is 0 Å². The Hall–Kier alpha value is -0.0500. The van der Waals surface area contributed by atoms with Gasteiger partial charge in [0.15, 0.2) is 0 Å². The van der Waals surface area contributed by atoms with Gasteiger partial charge in [-0.05, 0) is 6.42 Å². The van der Waals surface area contributed by atoms with E-state index in [9.17, 15) is 4.79 Å². The van der Waals surface area contributed by atoms with Gasteiger partial charge in [0.05, 0.1) is 0 Å². The molecular weight excluding hydrogens is 182 g/mol. The molecule has 1 radical (unpaired) electrons. The summed E-state index contributed by atoms with van der Waals surface area (Å²) >= 11 is 3.31. The highest BCUT2D eigenvalue weighted by molar-refractivity contribution is 9.09. The van der Waals surface area contributed by atoms with E-state index in [1.807, 2.05) is 6.92 Å². The Balaban J connectivity index is 3.50. The standard InChI is InChI=1S/C6H11BrNO/c1-4(6(8)9)3-5(2)7/h4-5,8H,3H2,1-2H3. The van der Waals surface area contributed by atoms with E-state index >= 15 is 0 Å². The molecule has 2 atom stereocenters. The van der Waals surface area contributed by atoms with Gasteiger partial charge >= 0.3 is 0 Å². The molecule has 0 aliphatic carbocycles. The second-order valence-electron chi connectivity index (χ2n) is 2.28. The van der Waals surface area contributed by atoms with Crippen molar-refractivity contribution in [3.05, 3.63) is 0 Å². The van der Waals surface area contributed by atoms with E-state index in [-0.39, 0.29) is 5.92 Å². The van der Waals surface area contributed by atoms with Gasteiger partial charge in [-0.3, -0.25) is 10.5 Å². The number of nitrogens with one attached hydrogen (secondary N) is 1. The first kappa shape index (κ1) is 8.95. The fourth-order valence-electron chi connectivity index (χ4n) is 0.594. The molecule has 3 heteroatoms. The molecule has 9 heavy (non-hydrogen) atoms. The highest BCUT2D eigenvalue weighted by Crippen LogP contribution is 2.11. The van der Waals surface area contributed by atoms with E-state index in [0.717, 1.165) is 6.42 Å². The summed E-state index contributed by atoms with van der Waals surface area (Å²) in [6.45, 7) is 3.74. The zero-order valence-corrected chi connectivity index (χ0v) is 7.23. The maximum atomic E-state index is 10.3. The van der Waals surface area contributed by atoms with Crippen molar-refractivity contribution in [2.24, 2.45) is 5.92 Å². The van der Waals surface area contributed by atoms with Gasteiger partial charge in [-0.15, -0.1) is 0 Å². The Morgan fingerprint density at radius 3 is 2.22 bits per heavy atom. The summed E-state index contributed by atoms with van der Waals surface area (Å²) in [5, 5.41) is 0. The van der Waals surface area contributed by atoms with Crippen molar-refractivity contribution in [1.82, 2.24) is 5.73 Å². The lowest BCUT2D eigenvalue weighted by Crippen LogP contribution is -2.14. The maximum absolute atomic E-state index is 10.3. The molecule has 2 unspecified atom stereocenters. The first-order valence-corrected chi connectivity index (χ1v) is 3.85. The molecule has 0 rings (SSSR count). The lowest BCUT2D eigenvalue weighted by Gasteiger charge is -2.06. The predicted octanol–water partition coefficient (Wildman–Crippen LogP) is 1.61. The van der Waals surface area contributed by atoms with Crippen LogP contribution in [0.3, 0.4) is 0 Å². The highest BCUT2D eigenvalue weighted by atomic mass is 79.9. The lowest BCUT2D eigenvalue weighted by atomic mass is 10.1. The van der Waals surface area contributed by atoms with Crippen LogP contribution in [-0.2, 0) is 4.79 Å². The number of hydrogen-bond donors (Lipinski definition) is 0. The van der Waals surface area contributed by atoms with Gasteiger partial charge < -0.3 is 0 Å². The van der Waals surface area contributed by atoms with Crippen LogP contribution in [0.2, 0.25) is 0 Å². The molecule has 2 nitrogen and oxygen atoms in total. The van der Waals surface area contributed by atoms with Gasteiger partial charge in [0.1, 0.15) is 0 Å². The average Bonchev–Trinajstić information content (AvgIpc) is 1.63. The fraction of sp³-hybridized carbons (Fsp3) is 0.833. The Labute approximate surface area is 63.9 Å². The normalized spacial score (nSPS) is 16.8. The van der Waals surface area contributed by atoms with E-state index in [2.05, 4.69) is 15.9 Å². The van der Waals surface area contributed by atoms with Crippen LogP contribution in [0.15, 0.2) is 0 Å². The van der Waals surface area contributed by atoms with Gasteiger partial charge in [0.25, 0.3) is 0 Å². The smallest absolute Gasteiger partial charge is 0.241 e. The van der Waals surface area contributed by atoms with Crippen LogP contribution in [0.1, 0.15) is 20.3 Å². The molecule has 0 aromatic carbocycles. The maximum Gasteiger partial charge on any atom is 0.241 e. The van der Waals surface area contributed by atoms with Crippen molar-refractivity contribution in [2.45, 2.75) is 25.1 Å². The molecule has 0 aromatic heterocycles. The van der Waals surface area contributed by atoms with Crippen molar-refractivity contribution in [1.29, 1.82) is 0 Å². The van der Waals surface area contributed by atoms with Gasteiger partial charge in [-0.2, -0.15) is 0 Å². The van der Waals surface area contributed by atoms with E-state index in [4.69, 9.17) is 5.73 Å². The summed E-state index contributed by atoms with van der Waals surface area (Å²) in [5.74, 6) is -0.597. The fourth-order valence-corrected chi connectivity index (χ4v) is 1.15. The van der Waals surface area contributed by atoms with Crippen molar-refractivity contribution >= 4 is 21.8 Å². The van der Waals surface area contributed by atoms with E-state index in [0.29, 0.717) is 4.83 Å².